The maximum Gasteiger partial charge on any atom is 0.255 e. The zero-order chi connectivity index (χ0) is 11.5. The SMILES string of the molecule is CCC1CCC(c2noc([C@H](C)O)n2)CC1. The number of nitrogens with zero attached hydrogens (tertiary/aromatic N) is 2. The standard InChI is InChI=1S/C12H20N2O2/c1-3-9-4-6-10(7-5-9)11-13-12(8(2)15)16-14-11/h8-10,15H,3-7H2,1-2H3/t8-,9?,10?/m0/s1. The summed E-state index contributed by atoms with van der Waals surface area (Å²) >= 11 is 0. The number of aliphatic hydroxyl groups excluding tert-OH is 1. The smallest absolute Gasteiger partial charge is 0.255 e. The molecule has 1 atom stereocenters. The van der Waals surface area contributed by atoms with Crippen LogP contribution in [0.15, 0.2) is 4.52 Å². The third kappa shape index (κ3) is 2.43. The Morgan fingerprint density at radius 1 is 1.38 bits per heavy atom. The van der Waals surface area contributed by atoms with Gasteiger partial charge in [-0.3, -0.25) is 0 Å². The van der Waals surface area contributed by atoms with Crippen LogP contribution >= 0.6 is 0 Å². The van der Waals surface area contributed by atoms with Gasteiger partial charge >= 0.3 is 0 Å². The maximum atomic E-state index is 9.32. The maximum absolute atomic E-state index is 9.32. The van der Waals surface area contributed by atoms with Gasteiger partial charge in [0.05, 0.1) is 0 Å². The molecule has 0 radical (unpaired) electrons. The van der Waals surface area contributed by atoms with E-state index < -0.39 is 6.10 Å². The first kappa shape index (κ1) is 11.6. The molecule has 1 aromatic heterocycles. The fourth-order valence-corrected chi connectivity index (χ4v) is 2.41. The van der Waals surface area contributed by atoms with Gasteiger partial charge in [-0.25, -0.2) is 0 Å². The fourth-order valence-electron chi connectivity index (χ4n) is 2.41. The van der Waals surface area contributed by atoms with Crippen LogP contribution in [-0.2, 0) is 0 Å². The van der Waals surface area contributed by atoms with Gasteiger partial charge in [0.2, 0.25) is 0 Å². The number of hydrogen-bond acceptors (Lipinski definition) is 4. The van der Waals surface area contributed by atoms with Crippen molar-refractivity contribution in [2.24, 2.45) is 5.92 Å². The number of aliphatic hydroxyl groups is 1. The van der Waals surface area contributed by atoms with Gasteiger partial charge in [-0.15, -0.1) is 0 Å². The Balaban J connectivity index is 1.97. The molecule has 0 bridgehead atoms. The zero-order valence-electron chi connectivity index (χ0n) is 10.0. The van der Waals surface area contributed by atoms with E-state index in [9.17, 15) is 5.11 Å². The van der Waals surface area contributed by atoms with E-state index in [4.69, 9.17) is 4.52 Å². The lowest BCUT2D eigenvalue weighted by atomic mass is 9.80. The molecule has 16 heavy (non-hydrogen) atoms. The Labute approximate surface area is 96.1 Å². The number of aromatic nitrogens is 2. The van der Waals surface area contributed by atoms with E-state index in [-0.39, 0.29) is 0 Å². The van der Waals surface area contributed by atoms with Crippen molar-refractivity contribution in [1.82, 2.24) is 10.1 Å². The predicted molar refractivity (Wildman–Crippen MR) is 59.9 cm³/mol. The van der Waals surface area contributed by atoms with Crippen LogP contribution < -0.4 is 0 Å². The highest BCUT2D eigenvalue weighted by molar-refractivity contribution is 4.98. The molecular weight excluding hydrogens is 204 g/mol. The topological polar surface area (TPSA) is 59.2 Å². The summed E-state index contributed by atoms with van der Waals surface area (Å²) in [6.45, 7) is 3.90. The van der Waals surface area contributed by atoms with Gasteiger partial charge in [0.15, 0.2) is 5.82 Å². The normalized spacial score (nSPS) is 27.9. The van der Waals surface area contributed by atoms with Crippen molar-refractivity contribution in [3.05, 3.63) is 11.7 Å². The highest BCUT2D eigenvalue weighted by Crippen LogP contribution is 2.35. The first-order chi connectivity index (χ1) is 7.70. The molecule has 4 heteroatoms. The summed E-state index contributed by atoms with van der Waals surface area (Å²) in [5.41, 5.74) is 0. The first-order valence-corrected chi connectivity index (χ1v) is 6.22. The molecule has 1 aliphatic carbocycles. The van der Waals surface area contributed by atoms with Crippen LogP contribution in [0.3, 0.4) is 0 Å². The van der Waals surface area contributed by atoms with E-state index in [1.54, 1.807) is 6.92 Å². The lowest BCUT2D eigenvalue weighted by Crippen LogP contribution is -2.13. The molecule has 0 aromatic carbocycles. The van der Waals surface area contributed by atoms with E-state index in [2.05, 4.69) is 17.1 Å². The Morgan fingerprint density at radius 2 is 2.06 bits per heavy atom. The van der Waals surface area contributed by atoms with Gasteiger partial charge in [-0.1, -0.05) is 18.5 Å². The molecular formula is C12H20N2O2. The van der Waals surface area contributed by atoms with Gasteiger partial charge in [0.1, 0.15) is 6.10 Å². The van der Waals surface area contributed by atoms with Crippen molar-refractivity contribution in [2.75, 3.05) is 0 Å². The van der Waals surface area contributed by atoms with E-state index in [1.165, 1.54) is 19.3 Å². The van der Waals surface area contributed by atoms with E-state index in [0.717, 1.165) is 24.6 Å². The van der Waals surface area contributed by atoms with Gasteiger partial charge in [0, 0.05) is 5.92 Å². The van der Waals surface area contributed by atoms with Crippen LogP contribution in [0.1, 0.15) is 69.7 Å². The molecule has 0 spiro atoms. The van der Waals surface area contributed by atoms with Crippen LogP contribution in [0.5, 0.6) is 0 Å². The summed E-state index contributed by atoms with van der Waals surface area (Å²) in [5.74, 6) is 2.43. The quantitative estimate of drug-likeness (QED) is 0.857. The second kappa shape index (κ2) is 4.95. The molecule has 0 saturated heterocycles. The molecule has 0 unspecified atom stereocenters. The molecule has 90 valence electrons. The molecule has 1 fully saturated rings. The molecule has 1 N–H and O–H groups in total. The monoisotopic (exact) mass is 224 g/mol. The molecule has 1 aliphatic rings. The highest BCUT2D eigenvalue weighted by atomic mass is 16.5. The highest BCUT2D eigenvalue weighted by Gasteiger charge is 2.25. The van der Waals surface area contributed by atoms with Gasteiger partial charge in [-0.05, 0) is 38.5 Å². The minimum Gasteiger partial charge on any atom is -0.384 e. The Hall–Kier alpha value is -0.900. The number of rotatable bonds is 3. The van der Waals surface area contributed by atoms with Crippen molar-refractivity contribution < 1.29 is 9.63 Å². The van der Waals surface area contributed by atoms with Crippen molar-refractivity contribution in [3.8, 4) is 0 Å². The molecule has 1 saturated carbocycles. The van der Waals surface area contributed by atoms with Crippen LogP contribution in [0, 0.1) is 5.92 Å². The zero-order valence-corrected chi connectivity index (χ0v) is 10.0. The molecule has 1 heterocycles. The fraction of sp³-hybridized carbons (Fsp3) is 0.833. The first-order valence-electron chi connectivity index (χ1n) is 6.22. The average molecular weight is 224 g/mol. The van der Waals surface area contributed by atoms with Crippen LogP contribution in [0.2, 0.25) is 0 Å². The van der Waals surface area contributed by atoms with E-state index in [0.29, 0.717) is 11.8 Å². The van der Waals surface area contributed by atoms with Gasteiger partial charge in [-0.2, -0.15) is 4.98 Å². The Morgan fingerprint density at radius 3 is 2.56 bits per heavy atom. The van der Waals surface area contributed by atoms with Gasteiger partial charge < -0.3 is 9.63 Å². The lowest BCUT2D eigenvalue weighted by Gasteiger charge is -2.25. The lowest BCUT2D eigenvalue weighted by molar-refractivity contribution is 0.151. The molecule has 4 nitrogen and oxygen atoms in total. The van der Waals surface area contributed by atoms with Crippen LogP contribution in [0.25, 0.3) is 0 Å². The summed E-state index contributed by atoms with van der Waals surface area (Å²) in [6, 6.07) is 0. The van der Waals surface area contributed by atoms with Gasteiger partial charge in [0.25, 0.3) is 5.89 Å². The average Bonchev–Trinajstić information content (AvgIpc) is 2.78. The second-order valence-corrected chi connectivity index (χ2v) is 4.79. The van der Waals surface area contributed by atoms with Crippen molar-refractivity contribution in [2.45, 2.75) is 58.0 Å². The van der Waals surface area contributed by atoms with Crippen molar-refractivity contribution in [3.63, 3.8) is 0 Å². The van der Waals surface area contributed by atoms with Crippen molar-refractivity contribution in [1.29, 1.82) is 0 Å². The van der Waals surface area contributed by atoms with E-state index >= 15 is 0 Å². The Kier molecular flexibility index (Phi) is 3.59. The van der Waals surface area contributed by atoms with Crippen molar-refractivity contribution >= 4 is 0 Å². The van der Waals surface area contributed by atoms with E-state index in [1.807, 2.05) is 0 Å². The minimum absolute atomic E-state index is 0.340. The van der Waals surface area contributed by atoms with Crippen LogP contribution in [-0.4, -0.2) is 15.2 Å². The minimum atomic E-state index is -0.659. The largest absolute Gasteiger partial charge is 0.384 e. The molecule has 0 amide bonds. The summed E-state index contributed by atoms with van der Waals surface area (Å²) < 4.78 is 5.02. The predicted octanol–water partition coefficient (Wildman–Crippen LogP) is 2.81. The third-order valence-corrected chi connectivity index (χ3v) is 3.60. The Bertz CT molecular complexity index is 328. The summed E-state index contributed by atoms with van der Waals surface area (Å²) in [5, 5.41) is 13.3. The second-order valence-electron chi connectivity index (χ2n) is 4.79. The molecule has 0 aliphatic heterocycles. The summed E-state index contributed by atoms with van der Waals surface area (Å²) in [7, 11) is 0. The molecule has 2 rings (SSSR count). The summed E-state index contributed by atoms with van der Waals surface area (Å²) in [4.78, 5) is 4.26. The summed E-state index contributed by atoms with van der Waals surface area (Å²) in [6.07, 6.45) is 5.44. The third-order valence-electron chi connectivity index (χ3n) is 3.60. The van der Waals surface area contributed by atoms with Crippen LogP contribution in [0.4, 0.5) is 0 Å². The number of hydrogen-bond donors (Lipinski definition) is 1. The molecule has 1 aromatic rings.